The molecule has 1 unspecified atom stereocenters. The van der Waals surface area contributed by atoms with E-state index in [1.54, 1.807) is 6.20 Å². The molecule has 0 bridgehead atoms. The average Bonchev–Trinajstić information content (AvgIpc) is 3.13. The number of benzene rings is 2. The largest absolute Gasteiger partial charge is 0.476 e. The predicted molar refractivity (Wildman–Crippen MR) is 104 cm³/mol. The van der Waals surface area contributed by atoms with Crippen LogP contribution in [0.2, 0.25) is 0 Å². The summed E-state index contributed by atoms with van der Waals surface area (Å²) in [6.45, 7) is 0.459. The highest BCUT2D eigenvalue weighted by molar-refractivity contribution is 5.92. The summed E-state index contributed by atoms with van der Waals surface area (Å²) in [7, 11) is 0. The monoisotopic (exact) mass is 356 g/mol. The summed E-state index contributed by atoms with van der Waals surface area (Å²) in [5.74, 6) is 0.977. The minimum absolute atomic E-state index is 0.0510. The molecule has 0 amide bonds. The van der Waals surface area contributed by atoms with Crippen LogP contribution in [0.5, 0.6) is 5.88 Å². The molecule has 0 aliphatic carbocycles. The Morgan fingerprint density at radius 2 is 1.93 bits per heavy atom. The number of aromatic nitrogens is 3. The molecule has 6 nitrogen and oxygen atoms in total. The van der Waals surface area contributed by atoms with Gasteiger partial charge in [0.25, 0.3) is 5.56 Å². The Balaban J connectivity index is 1.64. The summed E-state index contributed by atoms with van der Waals surface area (Å²) >= 11 is 0. The Morgan fingerprint density at radius 3 is 2.81 bits per heavy atom. The van der Waals surface area contributed by atoms with Gasteiger partial charge in [-0.05, 0) is 29.8 Å². The van der Waals surface area contributed by atoms with Crippen LogP contribution in [0.15, 0.2) is 77.7 Å². The van der Waals surface area contributed by atoms with Crippen molar-refractivity contribution in [2.45, 2.75) is 6.04 Å². The van der Waals surface area contributed by atoms with Crippen LogP contribution >= 0.6 is 0 Å². The lowest BCUT2D eigenvalue weighted by atomic mass is 10.1. The lowest BCUT2D eigenvalue weighted by molar-refractivity contribution is 0.342. The van der Waals surface area contributed by atoms with Crippen LogP contribution < -0.4 is 15.6 Å². The number of nitrogens with one attached hydrogen (secondary N) is 1. The summed E-state index contributed by atoms with van der Waals surface area (Å²) < 4.78 is 7.72. The second kappa shape index (κ2) is 6.25. The molecular formula is C21H16N4O2. The molecule has 4 aromatic rings. The van der Waals surface area contributed by atoms with E-state index in [1.807, 2.05) is 65.2 Å². The summed E-state index contributed by atoms with van der Waals surface area (Å²) in [6, 6.07) is 21.1. The molecule has 1 aliphatic rings. The molecule has 6 heteroatoms. The number of pyridine rings is 1. The van der Waals surface area contributed by atoms with Gasteiger partial charge < -0.3 is 10.1 Å². The normalized spacial score (nSPS) is 15.3. The quantitative estimate of drug-likeness (QED) is 0.608. The topological polar surface area (TPSA) is 69.0 Å². The third kappa shape index (κ3) is 2.71. The van der Waals surface area contributed by atoms with Gasteiger partial charge >= 0.3 is 0 Å². The highest BCUT2D eigenvalue weighted by Crippen LogP contribution is 2.34. The van der Waals surface area contributed by atoms with Gasteiger partial charge in [-0.15, -0.1) is 0 Å². The van der Waals surface area contributed by atoms with Crippen molar-refractivity contribution in [1.82, 2.24) is 14.5 Å². The molecule has 2 aromatic carbocycles. The van der Waals surface area contributed by atoms with Crippen molar-refractivity contribution in [3.8, 4) is 5.88 Å². The molecule has 1 N–H and O–H groups in total. The summed E-state index contributed by atoms with van der Waals surface area (Å²) in [6.07, 6.45) is 1.76. The van der Waals surface area contributed by atoms with Crippen LogP contribution in [0.25, 0.3) is 10.9 Å². The average molecular weight is 356 g/mol. The fourth-order valence-electron chi connectivity index (χ4n) is 3.46. The van der Waals surface area contributed by atoms with Crippen LogP contribution in [-0.2, 0) is 0 Å². The predicted octanol–water partition coefficient (Wildman–Crippen LogP) is 3.52. The van der Waals surface area contributed by atoms with Crippen LogP contribution in [0, 0.1) is 0 Å². The van der Waals surface area contributed by atoms with E-state index in [0.29, 0.717) is 18.4 Å². The van der Waals surface area contributed by atoms with Gasteiger partial charge in [-0.25, -0.2) is 0 Å². The molecule has 132 valence electrons. The Hall–Kier alpha value is -3.67. The second-order valence-corrected chi connectivity index (χ2v) is 6.36. The third-order valence-electron chi connectivity index (χ3n) is 4.71. The molecule has 1 aliphatic heterocycles. The molecule has 3 heterocycles. The van der Waals surface area contributed by atoms with Gasteiger partial charge in [0.2, 0.25) is 11.8 Å². The van der Waals surface area contributed by atoms with Crippen molar-refractivity contribution in [3.63, 3.8) is 0 Å². The zero-order valence-corrected chi connectivity index (χ0v) is 14.4. The molecule has 2 aromatic heterocycles. The zero-order chi connectivity index (χ0) is 18.2. The van der Waals surface area contributed by atoms with E-state index in [9.17, 15) is 4.79 Å². The van der Waals surface area contributed by atoms with Gasteiger partial charge in [0, 0.05) is 11.6 Å². The molecule has 0 spiro atoms. The first kappa shape index (κ1) is 15.6. The number of hydrogen-bond donors (Lipinski definition) is 1. The van der Waals surface area contributed by atoms with Gasteiger partial charge in [-0.3, -0.25) is 14.3 Å². The Bertz CT molecular complexity index is 1180. The standard InChI is InChI=1S/C21H16N4O2/c26-19-12-20-25(18(13-27-20)14-6-2-1-3-7-14)21(24-19)23-17-10-4-9-16-15(17)8-5-11-22-16/h1-12,18H,13H2,(H,23,24,26). The molecule has 0 fully saturated rings. The van der Waals surface area contributed by atoms with Crippen molar-refractivity contribution < 1.29 is 4.74 Å². The zero-order valence-electron chi connectivity index (χ0n) is 14.4. The number of fused-ring (bicyclic) bond motifs is 2. The highest BCUT2D eigenvalue weighted by atomic mass is 16.5. The molecule has 0 saturated carbocycles. The van der Waals surface area contributed by atoms with E-state index in [2.05, 4.69) is 15.3 Å². The van der Waals surface area contributed by atoms with Crippen molar-refractivity contribution in [3.05, 3.63) is 88.8 Å². The van der Waals surface area contributed by atoms with Gasteiger partial charge in [0.05, 0.1) is 23.3 Å². The maximum Gasteiger partial charge on any atom is 0.278 e. The van der Waals surface area contributed by atoms with Crippen molar-refractivity contribution >= 4 is 22.5 Å². The number of rotatable bonds is 3. The minimum atomic E-state index is -0.337. The van der Waals surface area contributed by atoms with Gasteiger partial charge in [0.15, 0.2) is 0 Å². The summed E-state index contributed by atoms with van der Waals surface area (Å²) in [4.78, 5) is 20.7. The summed E-state index contributed by atoms with van der Waals surface area (Å²) in [5, 5.41) is 4.28. The molecule has 27 heavy (non-hydrogen) atoms. The van der Waals surface area contributed by atoms with E-state index in [0.717, 1.165) is 22.2 Å². The smallest absolute Gasteiger partial charge is 0.278 e. The van der Waals surface area contributed by atoms with Gasteiger partial charge in [-0.1, -0.05) is 36.4 Å². The maximum absolute atomic E-state index is 12.1. The van der Waals surface area contributed by atoms with Crippen molar-refractivity contribution in [2.75, 3.05) is 11.9 Å². The molecular weight excluding hydrogens is 340 g/mol. The lowest BCUT2D eigenvalue weighted by Gasteiger charge is -2.18. The van der Waals surface area contributed by atoms with Crippen LogP contribution in [0.4, 0.5) is 11.6 Å². The van der Waals surface area contributed by atoms with E-state index >= 15 is 0 Å². The molecule has 5 rings (SSSR count). The Labute approximate surface area is 155 Å². The van der Waals surface area contributed by atoms with Crippen LogP contribution in [-0.4, -0.2) is 21.1 Å². The second-order valence-electron chi connectivity index (χ2n) is 6.36. The first-order chi connectivity index (χ1) is 13.3. The first-order valence-corrected chi connectivity index (χ1v) is 8.72. The number of ether oxygens (including phenoxy) is 1. The fourth-order valence-corrected chi connectivity index (χ4v) is 3.46. The van der Waals surface area contributed by atoms with Crippen LogP contribution in [0.1, 0.15) is 11.6 Å². The van der Waals surface area contributed by atoms with E-state index in [-0.39, 0.29) is 11.6 Å². The minimum Gasteiger partial charge on any atom is -0.476 e. The lowest BCUT2D eigenvalue weighted by Crippen LogP contribution is -2.18. The Kier molecular flexibility index (Phi) is 3.60. The maximum atomic E-state index is 12.1. The number of nitrogens with zero attached hydrogens (tertiary/aromatic N) is 3. The SMILES string of the molecule is O=c1cc2n(c(Nc3cccc4ncccc34)n1)C(c1ccccc1)CO2. The number of hydrogen-bond acceptors (Lipinski definition) is 5. The molecule has 0 saturated heterocycles. The van der Waals surface area contributed by atoms with Crippen molar-refractivity contribution in [2.24, 2.45) is 0 Å². The molecule has 1 atom stereocenters. The first-order valence-electron chi connectivity index (χ1n) is 8.72. The highest BCUT2D eigenvalue weighted by Gasteiger charge is 2.28. The summed E-state index contributed by atoms with van der Waals surface area (Å²) in [5.41, 5.74) is 2.48. The van der Waals surface area contributed by atoms with E-state index < -0.39 is 0 Å². The fraction of sp³-hybridized carbons (Fsp3) is 0.0952. The molecule has 0 radical (unpaired) electrons. The van der Waals surface area contributed by atoms with E-state index in [4.69, 9.17) is 4.74 Å². The van der Waals surface area contributed by atoms with E-state index in [1.165, 1.54) is 6.07 Å². The third-order valence-corrected chi connectivity index (χ3v) is 4.71. The van der Waals surface area contributed by atoms with Crippen LogP contribution in [0.3, 0.4) is 0 Å². The van der Waals surface area contributed by atoms with Crippen molar-refractivity contribution in [1.29, 1.82) is 0 Å². The Morgan fingerprint density at radius 1 is 1.04 bits per heavy atom. The number of anilines is 2. The van der Waals surface area contributed by atoms with Gasteiger partial charge in [-0.2, -0.15) is 4.98 Å². The van der Waals surface area contributed by atoms with Gasteiger partial charge in [0.1, 0.15) is 6.61 Å².